The maximum atomic E-state index is 10.9. The molecule has 0 aromatic rings. The summed E-state index contributed by atoms with van der Waals surface area (Å²) < 4.78 is 0. The Morgan fingerprint density at radius 3 is 1.42 bits per heavy atom. The van der Waals surface area contributed by atoms with Crippen molar-refractivity contribution >= 4 is 17.3 Å². The second-order valence-corrected chi connectivity index (χ2v) is 7.73. The summed E-state index contributed by atoms with van der Waals surface area (Å²) in [5, 5.41) is 0. The number of rotatable bonds is 17. The highest BCUT2D eigenvalue weighted by Gasteiger charge is 2.00. The average Bonchev–Trinajstić information content (AvgIpc) is 2.76. The molecule has 0 unspecified atom stereocenters. The summed E-state index contributed by atoms with van der Waals surface area (Å²) in [7, 11) is 0. The maximum Gasteiger partial charge on any atom is 0.180 e. The first kappa shape index (κ1) is 33.6. The van der Waals surface area contributed by atoms with Gasteiger partial charge in [-0.3, -0.25) is 14.4 Å². The zero-order valence-corrected chi connectivity index (χ0v) is 20.9. The van der Waals surface area contributed by atoms with E-state index in [4.69, 9.17) is 0 Å². The van der Waals surface area contributed by atoms with Gasteiger partial charge in [-0.2, -0.15) is 0 Å². The Balaban J connectivity index is -0.000000380. The van der Waals surface area contributed by atoms with Crippen LogP contribution in [0.15, 0.2) is 49.6 Å². The summed E-state index contributed by atoms with van der Waals surface area (Å²) in [4.78, 5) is 32.2. The van der Waals surface area contributed by atoms with Gasteiger partial charge in [0, 0.05) is 6.42 Å². The lowest BCUT2D eigenvalue weighted by atomic mass is 10.1. The molecule has 0 rings (SSSR count). The number of carbonyl (C=O) groups excluding carboxylic acids is 3. The third-order valence-corrected chi connectivity index (χ3v) is 4.70. The molecule has 0 saturated carbocycles. The van der Waals surface area contributed by atoms with Gasteiger partial charge in [0.25, 0.3) is 0 Å². The quantitative estimate of drug-likeness (QED) is 0.171. The fourth-order valence-corrected chi connectivity index (χ4v) is 2.45. The summed E-state index contributed by atoms with van der Waals surface area (Å²) >= 11 is 0. The van der Waals surface area contributed by atoms with Crippen molar-refractivity contribution in [3.05, 3.63) is 49.6 Å². The van der Waals surface area contributed by atoms with E-state index in [1.807, 2.05) is 0 Å². The lowest BCUT2D eigenvalue weighted by Crippen LogP contribution is -1.95. The van der Waals surface area contributed by atoms with Crippen molar-refractivity contribution in [2.45, 2.75) is 111 Å². The standard InChI is InChI=1S/C10H16O.2C9H16O/c1-4-6-7-8-9(3)10(11)5-2;1-4-5-6-7-8(2)9(3)10;1-3-5-6-7-8-9(10)4-2/h5H,2-4,6-8H2,1H3;2,4-7H2,1,3H3;4H,2-3,5-8H2,1H3. The molecule has 0 amide bonds. The van der Waals surface area contributed by atoms with Gasteiger partial charge in [-0.05, 0) is 62.3 Å². The highest BCUT2D eigenvalue weighted by Crippen LogP contribution is 2.08. The SMILES string of the molecule is C=C(CCCCC)C(C)=O.C=CC(=O)C(=C)CCCCC.C=CC(=O)CCCCCC. The first-order valence-corrected chi connectivity index (χ1v) is 11.9. The number of hydrogen-bond acceptors (Lipinski definition) is 3. The maximum absolute atomic E-state index is 10.9. The molecule has 0 atom stereocenters. The van der Waals surface area contributed by atoms with E-state index in [-0.39, 0.29) is 17.3 Å². The van der Waals surface area contributed by atoms with Gasteiger partial charge in [-0.15, -0.1) is 0 Å². The third kappa shape index (κ3) is 28.0. The van der Waals surface area contributed by atoms with E-state index in [1.165, 1.54) is 57.1 Å². The van der Waals surface area contributed by atoms with Crippen LogP contribution in [0.4, 0.5) is 0 Å². The molecule has 0 aromatic carbocycles. The van der Waals surface area contributed by atoms with Crippen LogP contribution in [0.3, 0.4) is 0 Å². The van der Waals surface area contributed by atoms with Crippen LogP contribution in [0.2, 0.25) is 0 Å². The molecule has 3 heteroatoms. The van der Waals surface area contributed by atoms with E-state index in [0.717, 1.165) is 37.7 Å². The van der Waals surface area contributed by atoms with Crippen LogP contribution in [0, 0.1) is 0 Å². The normalized spacial score (nSPS) is 9.29. The highest BCUT2D eigenvalue weighted by molar-refractivity contribution is 6.02. The van der Waals surface area contributed by atoms with Crippen LogP contribution < -0.4 is 0 Å². The lowest BCUT2D eigenvalue weighted by Gasteiger charge is -1.99. The van der Waals surface area contributed by atoms with Crippen LogP contribution >= 0.6 is 0 Å². The topological polar surface area (TPSA) is 51.2 Å². The minimum absolute atomic E-state index is 0.0129. The van der Waals surface area contributed by atoms with Gasteiger partial charge >= 0.3 is 0 Å². The summed E-state index contributed by atoms with van der Waals surface area (Å²) in [5.74, 6) is 0.299. The Morgan fingerprint density at radius 1 is 0.613 bits per heavy atom. The van der Waals surface area contributed by atoms with Crippen molar-refractivity contribution in [2.24, 2.45) is 0 Å². The minimum Gasteiger partial charge on any atom is -0.295 e. The van der Waals surface area contributed by atoms with Crippen LogP contribution in [0.1, 0.15) is 111 Å². The predicted molar refractivity (Wildman–Crippen MR) is 136 cm³/mol. The molecule has 0 aliphatic carbocycles. The zero-order valence-electron chi connectivity index (χ0n) is 20.9. The van der Waals surface area contributed by atoms with Crippen LogP contribution in [0.25, 0.3) is 0 Å². The number of Topliss-reactive ketones (excluding diaryl/α,β-unsaturated/α-hetero) is 1. The molecule has 0 radical (unpaired) electrons. The molecule has 3 nitrogen and oxygen atoms in total. The Kier molecular flexibility index (Phi) is 28.2. The molecule has 0 bridgehead atoms. The molecule has 0 aromatic heterocycles. The summed E-state index contributed by atoms with van der Waals surface area (Å²) in [6, 6.07) is 0. The molecule has 0 aliphatic rings. The first-order valence-electron chi connectivity index (χ1n) is 11.9. The molecule has 178 valence electrons. The lowest BCUT2D eigenvalue weighted by molar-refractivity contribution is -0.115. The van der Waals surface area contributed by atoms with Crippen molar-refractivity contribution in [3.8, 4) is 0 Å². The number of unbranched alkanes of at least 4 members (excludes halogenated alkanes) is 7. The highest BCUT2D eigenvalue weighted by atomic mass is 16.1. The monoisotopic (exact) mass is 432 g/mol. The molecule has 0 aliphatic heterocycles. The molecule has 0 saturated heterocycles. The number of ketones is 3. The van der Waals surface area contributed by atoms with E-state index in [0.29, 0.717) is 12.0 Å². The van der Waals surface area contributed by atoms with Crippen LogP contribution in [0.5, 0.6) is 0 Å². The minimum atomic E-state index is -0.0129. The van der Waals surface area contributed by atoms with Gasteiger partial charge in [-0.1, -0.05) is 92.0 Å². The molecular formula is C28H48O3. The second-order valence-electron chi connectivity index (χ2n) is 7.73. The molecule has 31 heavy (non-hydrogen) atoms. The summed E-state index contributed by atoms with van der Waals surface area (Å²) in [5.41, 5.74) is 1.46. The van der Waals surface area contributed by atoms with Gasteiger partial charge in [0.05, 0.1) is 0 Å². The predicted octanol–water partition coefficient (Wildman–Crippen LogP) is 8.30. The van der Waals surface area contributed by atoms with Crippen molar-refractivity contribution in [1.29, 1.82) is 0 Å². The first-order chi connectivity index (χ1) is 14.7. The number of hydrogen-bond donors (Lipinski definition) is 0. The summed E-state index contributed by atoms with van der Waals surface area (Å²) in [6.45, 7) is 22.2. The van der Waals surface area contributed by atoms with Crippen molar-refractivity contribution in [3.63, 3.8) is 0 Å². The van der Waals surface area contributed by atoms with E-state index < -0.39 is 0 Å². The average molecular weight is 433 g/mol. The second kappa shape index (κ2) is 26.0. The number of carbonyl (C=O) groups is 3. The van der Waals surface area contributed by atoms with Crippen molar-refractivity contribution in [1.82, 2.24) is 0 Å². The molecule has 0 heterocycles. The Hall–Kier alpha value is -2.03. The largest absolute Gasteiger partial charge is 0.295 e. The third-order valence-electron chi connectivity index (χ3n) is 4.70. The van der Waals surface area contributed by atoms with Gasteiger partial charge in [0.1, 0.15) is 0 Å². The van der Waals surface area contributed by atoms with E-state index in [2.05, 4.69) is 47.1 Å². The molecule has 0 fully saturated rings. The Bertz CT molecular complexity index is 538. The molecular weight excluding hydrogens is 384 g/mol. The number of allylic oxidation sites excluding steroid dienone is 4. The van der Waals surface area contributed by atoms with Crippen molar-refractivity contribution in [2.75, 3.05) is 0 Å². The van der Waals surface area contributed by atoms with E-state index in [9.17, 15) is 14.4 Å². The smallest absolute Gasteiger partial charge is 0.180 e. The zero-order chi connectivity index (χ0) is 24.5. The fraction of sp³-hybridized carbons (Fsp3) is 0.607. The van der Waals surface area contributed by atoms with E-state index >= 15 is 0 Å². The molecule has 0 spiro atoms. The summed E-state index contributed by atoms with van der Waals surface area (Å²) in [6.07, 6.45) is 16.7. The Morgan fingerprint density at radius 2 is 1.03 bits per heavy atom. The van der Waals surface area contributed by atoms with Crippen LogP contribution in [-0.2, 0) is 14.4 Å². The van der Waals surface area contributed by atoms with Crippen molar-refractivity contribution < 1.29 is 14.4 Å². The Labute approximate surface area is 192 Å². The fourth-order valence-electron chi connectivity index (χ4n) is 2.45. The molecule has 0 N–H and O–H groups in total. The van der Waals surface area contributed by atoms with Crippen LogP contribution in [-0.4, -0.2) is 17.3 Å². The van der Waals surface area contributed by atoms with Gasteiger partial charge in [0.2, 0.25) is 0 Å². The van der Waals surface area contributed by atoms with Gasteiger partial charge in [0.15, 0.2) is 17.3 Å². The van der Waals surface area contributed by atoms with Gasteiger partial charge in [-0.25, -0.2) is 0 Å². The van der Waals surface area contributed by atoms with E-state index in [1.54, 1.807) is 6.92 Å². The van der Waals surface area contributed by atoms with Gasteiger partial charge < -0.3 is 0 Å².